The number of benzene rings is 1. The first-order valence-electron chi connectivity index (χ1n) is 5.83. The summed E-state index contributed by atoms with van der Waals surface area (Å²) in [6, 6.07) is 5.42. The lowest BCUT2D eigenvalue weighted by Crippen LogP contribution is -2.11. The van der Waals surface area contributed by atoms with Crippen molar-refractivity contribution in [2.24, 2.45) is 0 Å². The highest BCUT2D eigenvalue weighted by Crippen LogP contribution is 2.29. The van der Waals surface area contributed by atoms with Crippen LogP contribution in [-0.4, -0.2) is 23.1 Å². The lowest BCUT2D eigenvalue weighted by molar-refractivity contribution is 0.617. The molecule has 0 saturated carbocycles. The van der Waals surface area contributed by atoms with Crippen molar-refractivity contribution in [3.05, 3.63) is 40.6 Å². The standard InChI is InChI=1S/C13H15Cl2N3/c1-16-5-2-7-18-8-6-17-13(18)11-9-10(14)3-4-12(11)15/h3-4,6,8-9,16H,2,5,7H2,1H3. The molecule has 1 aromatic heterocycles. The first-order valence-corrected chi connectivity index (χ1v) is 6.59. The van der Waals surface area contributed by atoms with Crippen LogP contribution in [0.1, 0.15) is 6.42 Å². The SMILES string of the molecule is CNCCCn1ccnc1-c1cc(Cl)ccc1Cl. The number of nitrogens with zero attached hydrogens (tertiary/aromatic N) is 2. The molecule has 0 aliphatic rings. The van der Waals surface area contributed by atoms with Crippen molar-refractivity contribution in [3.8, 4) is 11.4 Å². The van der Waals surface area contributed by atoms with Gasteiger partial charge in [0.1, 0.15) is 5.82 Å². The minimum absolute atomic E-state index is 0.666. The molecule has 0 bridgehead atoms. The van der Waals surface area contributed by atoms with Gasteiger partial charge in [0.2, 0.25) is 0 Å². The first-order chi connectivity index (χ1) is 8.72. The molecule has 0 fully saturated rings. The van der Waals surface area contributed by atoms with Crippen molar-refractivity contribution < 1.29 is 0 Å². The fourth-order valence-corrected chi connectivity index (χ4v) is 2.20. The first kappa shape index (κ1) is 13.4. The van der Waals surface area contributed by atoms with Crippen LogP contribution in [0.25, 0.3) is 11.4 Å². The maximum absolute atomic E-state index is 6.20. The third kappa shape index (κ3) is 3.05. The lowest BCUT2D eigenvalue weighted by atomic mass is 10.2. The molecule has 0 saturated heterocycles. The molecular weight excluding hydrogens is 269 g/mol. The molecular formula is C13H15Cl2N3. The van der Waals surface area contributed by atoms with Crippen LogP contribution in [0.2, 0.25) is 10.0 Å². The van der Waals surface area contributed by atoms with Crippen LogP contribution in [0.5, 0.6) is 0 Å². The average Bonchev–Trinajstić information content (AvgIpc) is 2.81. The Labute approximate surface area is 117 Å². The Balaban J connectivity index is 2.27. The summed E-state index contributed by atoms with van der Waals surface area (Å²) in [4.78, 5) is 4.37. The van der Waals surface area contributed by atoms with Gasteiger partial charge in [-0.2, -0.15) is 0 Å². The Hall–Kier alpha value is -1.03. The number of imidazole rings is 1. The van der Waals surface area contributed by atoms with Gasteiger partial charge in [0.25, 0.3) is 0 Å². The minimum Gasteiger partial charge on any atom is -0.331 e. The van der Waals surface area contributed by atoms with Gasteiger partial charge in [-0.25, -0.2) is 4.98 Å². The summed E-state index contributed by atoms with van der Waals surface area (Å²) in [5.74, 6) is 0.860. The summed E-state index contributed by atoms with van der Waals surface area (Å²) in [5.41, 5.74) is 0.874. The van der Waals surface area contributed by atoms with Crippen LogP contribution < -0.4 is 5.32 Å². The van der Waals surface area contributed by atoms with Crippen molar-refractivity contribution in [2.45, 2.75) is 13.0 Å². The van der Waals surface area contributed by atoms with Gasteiger partial charge in [0, 0.05) is 29.5 Å². The highest BCUT2D eigenvalue weighted by Gasteiger charge is 2.10. The summed E-state index contributed by atoms with van der Waals surface area (Å²) in [5, 5.41) is 4.46. The number of halogens is 2. The van der Waals surface area contributed by atoms with Gasteiger partial charge in [-0.15, -0.1) is 0 Å². The predicted octanol–water partition coefficient (Wildman–Crippen LogP) is 3.47. The van der Waals surface area contributed by atoms with Crippen molar-refractivity contribution in [3.63, 3.8) is 0 Å². The van der Waals surface area contributed by atoms with E-state index in [1.807, 2.05) is 19.3 Å². The number of aromatic nitrogens is 2. The number of hydrogen-bond donors (Lipinski definition) is 1. The number of nitrogens with one attached hydrogen (secondary N) is 1. The molecule has 3 nitrogen and oxygen atoms in total. The van der Waals surface area contributed by atoms with Gasteiger partial charge >= 0.3 is 0 Å². The van der Waals surface area contributed by atoms with Crippen LogP contribution in [0.15, 0.2) is 30.6 Å². The second kappa shape index (κ2) is 6.23. The van der Waals surface area contributed by atoms with Crippen LogP contribution >= 0.6 is 23.2 Å². The molecule has 1 aromatic carbocycles. The summed E-state index contributed by atoms with van der Waals surface area (Å²) in [6.07, 6.45) is 4.78. The molecule has 96 valence electrons. The van der Waals surface area contributed by atoms with Crippen molar-refractivity contribution in [2.75, 3.05) is 13.6 Å². The fraction of sp³-hybridized carbons (Fsp3) is 0.308. The molecule has 5 heteroatoms. The summed E-state index contributed by atoms with van der Waals surface area (Å²) in [6.45, 7) is 1.87. The largest absolute Gasteiger partial charge is 0.331 e. The van der Waals surface area contributed by atoms with Gasteiger partial charge in [-0.3, -0.25) is 0 Å². The molecule has 0 amide bonds. The summed E-state index contributed by atoms with van der Waals surface area (Å²) >= 11 is 12.2. The van der Waals surface area contributed by atoms with E-state index >= 15 is 0 Å². The molecule has 0 atom stereocenters. The maximum Gasteiger partial charge on any atom is 0.141 e. The smallest absolute Gasteiger partial charge is 0.141 e. The Morgan fingerprint density at radius 2 is 2.17 bits per heavy atom. The Kier molecular flexibility index (Phi) is 4.64. The summed E-state index contributed by atoms with van der Waals surface area (Å²) < 4.78 is 2.09. The zero-order valence-corrected chi connectivity index (χ0v) is 11.7. The Bertz CT molecular complexity index is 523. The molecule has 0 unspecified atom stereocenters. The van der Waals surface area contributed by atoms with Crippen molar-refractivity contribution >= 4 is 23.2 Å². The highest BCUT2D eigenvalue weighted by molar-refractivity contribution is 6.35. The average molecular weight is 284 g/mol. The second-order valence-corrected chi connectivity index (χ2v) is 4.87. The monoisotopic (exact) mass is 283 g/mol. The van der Waals surface area contributed by atoms with Crippen molar-refractivity contribution in [1.82, 2.24) is 14.9 Å². The topological polar surface area (TPSA) is 29.9 Å². The second-order valence-electron chi connectivity index (χ2n) is 4.03. The van der Waals surface area contributed by atoms with Crippen molar-refractivity contribution in [1.29, 1.82) is 0 Å². The van der Waals surface area contributed by atoms with Gasteiger partial charge in [0.05, 0.1) is 5.02 Å². The lowest BCUT2D eigenvalue weighted by Gasteiger charge is -2.09. The molecule has 0 aliphatic carbocycles. The predicted molar refractivity (Wildman–Crippen MR) is 76.2 cm³/mol. The number of rotatable bonds is 5. The molecule has 0 spiro atoms. The normalized spacial score (nSPS) is 10.8. The fourth-order valence-electron chi connectivity index (χ4n) is 1.83. The zero-order valence-electron chi connectivity index (χ0n) is 10.2. The number of hydrogen-bond acceptors (Lipinski definition) is 2. The van der Waals surface area contributed by atoms with E-state index < -0.39 is 0 Å². The van der Waals surface area contributed by atoms with Crippen LogP contribution in [0, 0.1) is 0 Å². The van der Waals surface area contributed by atoms with Gasteiger partial charge in [0.15, 0.2) is 0 Å². The van der Waals surface area contributed by atoms with Gasteiger partial charge < -0.3 is 9.88 Å². The molecule has 2 aromatic rings. The van der Waals surface area contributed by atoms with E-state index in [4.69, 9.17) is 23.2 Å². The maximum atomic E-state index is 6.20. The third-order valence-corrected chi connectivity index (χ3v) is 3.28. The quantitative estimate of drug-likeness (QED) is 0.852. The Morgan fingerprint density at radius 3 is 2.94 bits per heavy atom. The molecule has 0 radical (unpaired) electrons. The Morgan fingerprint density at radius 1 is 1.33 bits per heavy atom. The summed E-state index contributed by atoms with van der Waals surface area (Å²) in [7, 11) is 1.95. The van der Waals surface area contributed by atoms with Crippen LogP contribution in [0.3, 0.4) is 0 Å². The molecule has 1 heterocycles. The van der Waals surface area contributed by atoms with E-state index in [9.17, 15) is 0 Å². The third-order valence-electron chi connectivity index (χ3n) is 2.71. The van der Waals surface area contributed by atoms with Gasteiger partial charge in [-0.05, 0) is 38.2 Å². The molecule has 18 heavy (non-hydrogen) atoms. The van der Waals surface area contributed by atoms with E-state index in [1.54, 1.807) is 18.3 Å². The molecule has 1 N–H and O–H groups in total. The van der Waals surface area contributed by atoms with E-state index in [-0.39, 0.29) is 0 Å². The van der Waals surface area contributed by atoms with E-state index in [2.05, 4.69) is 14.9 Å². The minimum atomic E-state index is 0.666. The van der Waals surface area contributed by atoms with Crippen LogP contribution in [0.4, 0.5) is 0 Å². The van der Waals surface area contributed by atoms with E-state index in [1.165, 1.54) is 0 Å². The van der Waals surface area contributed by atoms with Crippen LogP contribution in [-0.2, 0) is 6.54 Å². The zero-order chi connectivity index (χ0) is 13.0. The van der Waals surface area contributed by atoms with E-state index in [0.29, 0.717) is 10.0 Å². The molecule has 2 rings (SSSR count). The number of aryl methyl sites for hydroxylation is 1. The van der Waals surface area contributed by atoms with E-state index in [0.717, 1.165) is 30.9 Å². The molecule has 0 aliphatic heterocycles. The van der Waals surface area contributed by atoms with Gasteiger partial charge in [-0.1, -0.05) is 23.2 Å². The highest BCUT2D eigenvalue weighted by atomic mass is 35.5.